The molecule has 2 rings (SSSR count). The predicted octanol–water partition coefficient (Wildman–Crippen LogP) is -1.86. The molecule has 18 heavy (non-hydrogen) atoms. The standard InChI is InChI=1S/C10H15BN3O4/c12-10(13)14-8-3-1-7(2-4-8)11(16)17-6-9(5-15)18-11/h1-4,9,15-16H,5-6H2,(H4,12,13,14)/q-1/t9-,11?/m1/s1. The van der Waals surface area contributed by atoms with E-state index in [2.05, 4.69) is 4.99 Å². The monoisotopic (exact) mass is 252 g/mol. The Morgan fingerprint density at radius 2 is 2.06 bits per heavy atom. The van der Waals surface area contributed by atoms with Crippen molar-refractivity contribution in [1.82, 2.24) is 0 Å². The number of benzene rings is 1. The van der Waals surface area contributed by atoms with Crippen LogP contribution < -0.4 is 16.9 Å². The molecule has 0 saturated carbocycles. The molecule has 0 spiro atoms. The van der Waals surface area contributed by atoms with E-state index >= 15 is 0 Å². The number of nitrogens with zero attached hydrogens (tertiary/aromatic N) is 1. The zero-order chi connectivity index (χ0) is 13.2. The Balaban J connectivity index is 2.17. The third-order valence-corrected chi connectivity index (χ3v) is 2.66. The average molecular weight is 252 g/mol. The van der Waals surface area contributed by atoms with Gasteiger partial charge in [-0.1, -0.05) is 12.1 Å². The van der Waals surface area contributed by atoms with Crippen LogP contribution in [0.5, 0.6) is 0 Å². The van der Waals surface area contributed by atoms with Gasteiger partial charge < -0.3 is 30.9 Å². The van der Waals surface area contributed by atoms with Gasteiger partial charge in [-0.2, -0.15) is 0 Å². The van der Waals surface area contributed by atoms with Gasteiger partial charge in [-0.05, 0) is 12.1 Å². The molecule has 1 heterocycles. The minimum absolute atomic E-state index is 0.0410. The second-order valence-corrected chi connectivity index (χ2v) is 4.07. The molecule has 1 aliphatic rings. The minimum atomic E-state index is -2.53. The summed E-state index contributed by atoms with van der Waals surface area (Å²) >= 11 is 0. The molecule has 1 aromatic rings. The van der Waals surface area contributed by atoms with Crippen molar-refractivity contribution in [2.24, 2.45) is 16.5 Å². The van der Waals surface area contributed by atoms with E-state index in [9.17, 15) is 5.02 Å². The lowest BCUT2D eigenvalue weighted by Crippen LogP contribution is -2.50. The fraction of sp³-hybridized carbons (Fsp3) is 0.300. The van der Waals surface area contributed by atoms with Gasteiger partial charge in [-0.15, -0.1) is 5.46 Å². The second-order valence-electron chi connectivity index (χ2n) is 4.07. The van der Waals surface area contributed by atoms with E-state index in [1.807, 2.05) is 0 Å². The first-order chi connectivity index (χ1) is 8.53. The molecule has 1 unspecified atom stereocenters. The van der Waals surface area contributed by atoms with E-state index in [4.69, 9.17) is 25.9 Å². The van der Waals surface area contributed by atoms with Crippen molar-refractivity contribution in [1.29, 1.82) is 0 Å². The highest BCUT2D eigenvalue weighted by atomic mass is 16.7. The van der Waals surface area contributed by atoms with Crippen molar-refractivity contribution in [2.45, 2.75) is 6.10 Å². The summed E-state index contributed by atoms with van der Waals surface area (Å²) in [4.78, 5) is 3.86. The summed E-state index contributed by atoms with van der Waals surface area (Å²) in [7, 11) is 0. The molecule has 7 nitrogen and oxygen atoms in total. The quantitative estimate of drug-likeness (QED) is 0.284. The van der Waals surface area contributed by atoms with Gasteiger partial charge in [0.05, 0.1) is 18.4 Å². The Morgan fingerprint density at radius 1 is 1.39 bits per heavy atom. The van der Waals surface area contributed by atoms with Crippen molar-refractivity contribution in [3.63, 3.8) is 0 Å². The molecule has 0 bridgehead atoms. The molecular formula is C10H15BN3O4-. The number of rotatable bonds is 3. The van der Waals surface area contributed by atoms with Crippen LogP contribution in [0, 0.1) is 0 Å². The molecule has 0 amide bonds. The average Bonchev–Trinajstić information content (AvgIpc) is 2.72. The van der Waals surface area contributed by atoms with Gasteiger partial charge in [0, 0.05) is 6.61 Å². The van der Waals surface area contributed by atoms with Crippen molar-refractivity contribution in [2.75, 3.05) is 13.2 Å². The number of aliphatic hydroxyl groups is 1. The first-order valence-corrected chi connectivity index (χ1v) is 5.52. The maximum Gasteiger partial charge on any atom is 0.407 e. The molecule has 0 aromatic heterocycles. The van der Waals surface area contributed by atoms with E-state index < -0.39 is 12.9 Å². The van der Waals surface area contributed by atoms with E-state index in [0.29, 0.717) is 11.2 Å². The largest absolute Gasteiger partial charge is 0.555 e. The normalized spacial score (nSPS) is 27.1. The van der Waals surface area contributed by atoms with Gasteiger partial charge >= 0.3 is 6.75 Å². The Labute approximate surface area is 104 Å². The molecule has 1 aromatic carbocycles. The first kappa shape index (κ1) is 12.8. The Kier molecular flexibility index (Phi) is 3.53. The summed E-state index contributed by atoms with van der Waals surface area (Å²) in [6.45, 7) is -2.57. The molecule has 6 N–H and O–H groups in total. The molecule has 8 heteroatoms. The van der Waals surface area contributed by atoms with Crippen LogP contribution in [0.2, 0.25) is 0 Å². The van der Waals surface area contributed by atoms with Crippen LogP contribution in [0.15, 0.2) is 29.3 Å². The summed E-state index contributed by atoms with van der Waals surface area (Å²) in [5, 5.41) is 19.1. The molecule has 1 saturated heterocycles. The molecule has 98 valence electrons. The highest BCUT2D eigenvalue weighted by Gasteiger charge is 2.36. The SMILES string of the molecule is NC(N)=Nc1ccc([B-]2(O)OC[C@@H](CO)O2)cc1. The molecule has 0 radical (unpaired) electrons. The fourth-order valence-corrected chi connectivity index (χ4v) is 1.79. The van der Waals surface area contributed by atoms with E-state index in [-0.39, 0.29) is 19.2 Å². The van der Waals surface area contributed by atoms with Gasteiger partial charge in [-0.3, -0.25) is 0 Å². The number of hydrogen-bond acceptors (Lipinski definition) is 5. The van der Waals surface area contributed by atoms with Crippen LogP contribution in [0.25, 0.3) is 0 Å². The maximum absolute atomic E-state index is 10.2. The third-order valence-electron chi connectivity index (χ3n) is 2.66. The zero-order valence-corrected chi connectivity index (χ0v) is 9.69. The van der Waals surface area contributed by atoms with Gasteiger partial charge in [0.1, 0.15) is 0 Å². The molecule has 2 atom stereocenters. The summed E-state index contributed by atoms with van der Waals surface area (Å²) in [5.41, 5.74) is 11.5. The van der Waals surface area contributed by atoms with E-state index in [0.717, 1.165) is 0 Å². The van der Waals surface area contributed by atoms with Crippen LogP contribution in [-0.4, -0.2) is 42.2 Å². The predicted molar refractivity (Wildman–Crippen MR) is 67.4 cm³/mol. The minimum Gasteiger partial charge on any atom is -0.555 e. The lowest BCUT2D eigenvalue weighted by Gasteiger charge is -2.29. The molecule has 1 aliphatic heterocycles. The van der Waals surface area contributed by atoms with Crippen LogP contribution >= 0.6 is 0 Å². The van der Waals surface area contributed by atoms with E-state index in [1.54, 1.807) is 24.3 Å². The number of guanidine groups is 1. The van der Waals surface area contributed by atoms with Crippen molar-refractivity contribution < 1.29 is 19.4 Å². The van der Waals surface area contributed by atoms with Crippen LogP contribution in [0.3, 0.4) is 0 Å². The zero-order valence-electron chi connectivity index (χ0n) is 9.69. The maximum atomic E-state index is 10.2. The Bertz CT molecular complexity index is 449. The van der Waals surface area contributed by atoms with Crippen LogP contribution in [0.4, 0.5) is 5.69 Å². The fourth-order valence-electron chi connectivity index (χ4n) is 1.79. The summed E-state index contributed by atoms with van der Waals surface area (Å²) in [5.74, 6) is -0.0410. The summed E-state index contributed by atoms with van der Waals surface area (Å²) in [6.07, 6.45) is -0.507. The molecule has 1 fully saturated rings. The van der Waals surface area contributed by atoms with E-state index in [1.165, 1.54) is 0 Å². The van der Waals surface area contributed by atoms with Crippen LogP contribution in [0.1, 0.15) is 0 Å². The van der Waals surface area contributed by atoms with Gasteiger partial charge in [-0.25, -0.2) is 4.99 Å². The van der Waals surface area contributed by atoms with Gasteiger partial charge in [0.15, 0.2) is 5.96 Å². The number of aliphatic imine (C=N–C) groups is 1. The number of nitrogens with two attached hydrogens (primary N) is 2. The highest BCUT2D eigenvalue weighted by molar-refractivity contribution is 6.74. The Morgan fingerprint density at radius 3 is 2.56 bits per heavy atom. The third kappa shape index (κ3) is 2.62. The van der Waals surface area contributed by atoms with Gasteiger partial charge in [0.25, 0.3) is 0 Å². The van der Waals surface area contributed by atoms with Crippen molar-refractivity contribution in [3.05, 3.63) is 24.3 Å². The second kappa shape index (κ2) is 4.95. The number of aliphatic hydroxyl groups excluding tert-OH is 1. The summed E-state index contributed by atoms with van der Waals surface area (Å²) < 4.78 is 10.5. The topological polar surface area (TPSA) is 123 Å². The lowest BCUT2D eigenvalue weighted by molar-refractivity contribution is 0.120. The lowest BCUT2D eigenvalue weighted by atomic mass is 9.70. The summed E-state index contributed by atoms with van der Waals surface area (Å²) in [6, 6.07) is 6.49. The van der Waals surface area contributed by atoms with Crippen molar-refractivity contribution in [3.8, 4) is 0 Å². The van der Waals surface area contributed by atoms with Crippen LogP contribution in [-0.2, 0) is 9.31 Å². The highest BCUT2D eigenvalue weighted by Crippen LogP contribution is 2.18. The van der Waals surface area contributed by atoms with Crippen molar-refractivity contribution >= 4 is 23.9 Å². The number of hydrogen-bond donors (Lipinski definition) is 4. The smallest absolute Gasteiger partial charge is 0.407 e. The Hall–Kier alpha value is -1.61. The molecular weight excluding hydrogens is 237 g/mol. The first-order valence-electron chi connectivity index (χ1n) is 5.52. The molecule has 0 aliphatic carbocycles. The van der Waals surface area contributed by atoms with Gasteiger partial charge in [0.2, 0.25) is 0 Å².